The van der Waals surface area contributed by atoms with Crippen molar-refractivity contribution in [2.45, 2.75) is 51.4 Å². The minimum absolute atomic E-state index is 0.0804. The van der Waals surface area contributed by atoms with Crippen LogP contribution in [-0.2, 0) is 4.74 Å². The quantitative estimate of drug-likeness (QED) is 0.761. The maximum absolute atomic E-state index is 9.32. The van der Waals surface area contributed by atoms with Gasteiger partial charge in [0.2, 0.25) is 0 Å². The Balaban J connectivity index is 1.66. The molecule has 2 unspecified atom stereocenters. The van der Waals surface area contributed by atoms with Gasteiger partial charge in [-0.3, -0.25) is 4.90 Å². The highest BCUT2D eigenvalue weighted by Crippen LogP contribution is 2.58. The predicted molar refractivity (Wildman–Crippen MR) is 66.5 cm³/mol. The van der Waals surface area contributed by atoms with Gasteiger partial charge in [-0.2, -0.15) is 0 Å². The van der Waals surface area contributed by atoms with Crippen LogP contribution < -0.4 is 0 Å². The lowest BCUT2D eigenvalue weighted by Gasteiger charge is -2.28. The van der Waals surface area contributed by atoms with Gasteiger partial charge in [-0.1, -0.05) is 13.8 Å². The van der Waals surface area contributed by atoms with E-state index in [-0.39, 0.29) is 5.72 Å². The summed E-state index contributed by atoms with van der Waals surface area (Å²) in [5, 5.41) is 9.32. The molecule has 17 heavy (non-hydrogen) atoms. The van der Waals surface area contributed by atoms with E-state index in [2.05, 4.69) is 18.7 Å². The Morgan fingerprint density at radius 1 is 1.18 bits per heavy atom. The summed E-state index contributed by atoms with van der Waals surface area (Å²) in [6, 6.07) is 0. The minimum Gasteiger partial charge on any atom is -0.396 e. The van der Waals surface area contributed by atoms with Gasteiger partial charge >= 0.3 is 0 Å². The Morgan fingerprint density at radius 3 is 2.53 bits per heavy atom. The standard InChI is InChI=1S/C14H25NO2/c1-3-15(4-2)14-8-7-11-10(12(11)9-16)5-6-13(14)17-14/h10-13,16H,3-9H2,1-2H3/t10-,11+,12-,13?,14?/m0/s1. The molecule has 0 aromatic carbocycles. The van der Waals surface area contributed by atoms with Crippen molar-refractivity contribution in [1.29, 1.82) is 0 Å². The van der Waals surface area contributed by atoms with Gasteiger partial charge in [0.1, 0.15) is 11.8 Å². The number of fused-ring (bicyclic) bond motifs is 2. The number of hydrogen-bond acceptors (Lipinski definition) is 3. The third-order valence-electron chi connectivity index (χ3n) is 5.41. The highest BCUT2D eigenvalue weighted by Gasteiger charge is 2.62. The molecule has 98 valence electrons. The van der Waals surface area contributed by atoms with Crippen LogP contribution in [0.3, 0.4) is 0 Å². The second-order valence-corrected chi connectivity index (χ2v) is 5.91. The van der Waals surface area contributed by atoms with Gasteiger partial charge in [0.25, 0.3) is 0 Å². The maximum atomic E-state index is 9.32. The smallest absolute Gasteiger partial charge is 0.148 e. The van der Waals surface area contributed by atoms with Crippen molar-refractivity contribution in [3.8, 4) is 0 Å². The lowest BCUT2D eigenvalue weighted by molar-refractivity contribution is 0.0757. The highest BCUT2D eigenvalue weighted by molar-refractivity contribution is 5.08. The number of likely N-dealkylation sites (N-methyl/N-ethyl adjacent to an activating group) is 1. The second-order valence-electron chi connectivity index (χ2n) is 5.91. The zero-order valence-corrected chi connectivity index (χ0v) is 11.1. The molecule has 1 heterocycles. The molecular weight excluding hydrogens is 214 g/mol. The van der Waals surface area contributed by atoms with Crippen molar-refractivity contribution in [2.24, 2.45) is 17.8 Å². The molecule has 3 rings (SSSR count). The lowest BCUT2D eigenvalue weighted by atomic mass is 9.95. The first-order chi connectivity index (χ1) is 8.26. The van der Waals surface area contributed by atoms with Crippen molar-refractivity contribution >= 4 is 0 Å². The van der Waals surface area contributed by atoms with Gasteiger partial charge in [-0.05, 0) is 56.5 Å². The number of aliphatic hydroxyl groups excluding tert-OH is 1. The van der Waals surface area contributed by atoms with E-state index < -0.39 is 0 Å². The molecule has 3 heteroatoms. The van der Waals surface area contributed by atoms with Crippen LogP contribution in [0.2, 0.25) is 0 Å². The zero-order valence-electron chi connectivity index (χ0n) is 11.1. The van der Waals surface area contributed by atoms with Gasteiger partial charge < -0.3 is 9.84 Å². The van der Waals surface area contributed by atoms with E-state index in [0.717, 1.165) is 24.9 Å². The maximum Gasteiger partial charge on any atom is 0.148 e. The van der Waals surface area contributed by atoms with E-state index in [1.165, 1.54) is 25.7 Å². The molecule has 0 aromatic heterocycles. The number of epoxide rings is 1. The van der Waals surface area contributed by atoms with Gasteiger partial charge in [0.15, 0.2) is 0 Å². The van der Waals surface area contributed by atoms with Crippen LogP contribution in [0.25, 0.3) is 0 Å². The Kier molecular flexibility index (Phi) is 2.96. The summed E-state index contributed by atoms with van der Waals surface area (Å²) < 4.78 is 6.07. The summed E-state index contributed by atoms with van der Waals surface area (Å²) >= 11 is 0. The number of ether oxygens (including phenoxy) is 1. The van der Waals surface area contributed by atoms with E-state index >= 15 is 0 Å². The summed E-state index contributed by atoms with van der Waals surface area (Å²) in [6.45, 7) is 7.03. The van der Waals surface area contributed by atoms with Crippen LogP contribution in [0, 0.1) is 17.8 Å². The molecule has 2 aliphatic carbocycles. The SMILES string of the molecule is CCN(CC)C12CC[C@H]3[C@@H](CO)[C@H]3CCC1O2. The van der Waals surface area contributed by atoms with Crippen molar-refractivity contribution in [3.05, 3.63) is 0 Å². The van der Waals surface area contributed by atoms with Crippen molar-refractivity contribution < 1.29 is 9.84 Å². The van der Waals surface area contributed by atoms with Gasteiger partial charge in [0.05, 0.1) is 0 Å². The van der Waals surface area contributed by atoms with E-state index in [1.807, 2.05) is 0 Å². The minimum atomic E-state index is 0.0804. The first-order valence-electron chi connectivity index (χ1n) is 7.30. The third-order valence-corrected chi connectivity index (χ3v) is 5.41. The van der Waals surface area contributed by atoms with Crippen LogP contribution in [-0.4, -0.2) is 41.5 Å². The van der Waals surface area contributed by atoms with E-state index in [4.69, 9.17) is 4.74 Å². The molecule has 0 aromatic rings. The molecule has 3 fully saturated rings. The number of aliphatic hydroxyl groups is 1. The molecule has 0 spiro atoms. The first kappa shape index (κ1) is 11.9. The number of hydrogen-bond donors (Lipinski definition) is 1. The Morgan fingerprint density at radius 2 is 1.88 bits per heavy atom. The molecule has 0 radical (unpaired) electrons. The topological polar surface area (TPSA) is 36.0 Å². The molecule has 0 amide bonds. The normalized spacial score (nSPS) is 48.0. The highest BCUT2D eigenvalue weighted by atomic mass is 16.6. The van der Waals surface area contributed by atoms with Crippen LogP contribution >= 0.6 is 0 Å². The molecule has 1 N–H and O–H groups in total. The number of rotatable bonds is 4. The average molecular weight is 239 g/mol. The fourth-order valence-corrected chi connectivity index (χ4v) is 4.28. The van der Waals surface area contributed by atoms with Crippen molar-refractivity contribution in [3.63, 3.8) is 0 Å². The molecule has 3 aliphatic rings. The Labute approximate surface area is 104 Å². The fourth-order valence-electron chi connectivity index (χ4n) is 4.28. The van der Waals surface area contributed by atoms with Gasteiger partial charge in [-0.15, -0.1) is 0 Å². The van der Waals surface area contributed by atoms with Crippen molar-refractivity contribution in [2.75, 3.05) is 19.7 Å². The van der Waals surface area contributed by atoms with Crippen LogP contribution in [0.15, 0.2) is 0 Å². The van der Waals surface area contributed by atoms with E-state index in [1.54, 1.807) is 0 Å². The fraction of sp³-hybridized carbons (Fsp3) is 1.00. The molecule has 3 nitrogen and oxygen atoms in total. The predicted octanol–water partition coefficient (Wildman–Crippen LogP) is 1.85. The van der Waals surface area contributed by atoms with Gasteiger partial charge in [-0.25, -0.2) is 0 Å². The second kappa shape index (κ2) is 4.22. The molecule has 2 saturated carbocycles. The zero-order chi connectivity index (χ0) is 12.0. The van der Waals surface area contributed by atoms with Gasteiger partial charge in [0, 0.05) is 6.61 Å². The summed E-state index contributed by atoms with van der Waals surface area (Å²) in [7, 11) is 0. The Hall–Kier alpha value is -0.120. The summed E-state index contributed by atoms with van der Waals surface area (Å²) in [4.78, 5) is 2.49. The average Bonchev–Trinajstić information content (AvgIpc) is 3.18. The molecule has 1 aliphatic heterocycles. The number of nitrogens with zero attached hydrogens (tertiary/aromatic N) is 1. The summed E-state index contributed by atoms with van der Waals surface area (Å²) in [6.07, 6.45) is 5.38. The molecule has 5 atom stereocenters. The van der Waals surface area contributed by atoms with Crippen LogP contribution in [0.1, 0.15) is 39.5 Å². The van der Waals surface area contributed by atoms with Crippen LogP contribution in [0.4, 0.5) is 0 Å². The molecule has 0 bridgehead atoms. The lowest BCUT2D eigenvalue weighted by Crippen LogP contribution is -2.40. The summed E-state index contributed by atoms with van der Waals surface area (Å²) in [5.74, 6) is 2.21. The first-order valence-corrected chi connectivity index (χ1v) is 7.30. The van der Waals surface area contributed by atoms with Crippen LogP contribution in [0.5, 0.6) is 0 Å². The Bertz CT molecular complexity index is 292. The molecule has 1 saturated heterocycles. The monoisotopic (exact) mass is 239 g/mol. The molecular formula is C14H25NO2. The largest absolute Gasteiger partial charge is 0.396 e. The van der Waals surface area contributed by atoms with Crippen molar-refractivity contribution in [1.82, 2.24) is 4.90 Å². The summed E-state index contributed by atoms with van der Waals surface area (Å²) in [5.41, 5.74) is 0.0804. The van der Waals surface area contributed by atoms with E-state index in [9.17, 15) is 5.11 Å². The van der Waals surface area contributed by atoms with E-state index in [0.29, 0.717) is 18.6 Å². The third kappa shape index (κ3) is 1.74.